The van der Waals surface area contributed by atoms with Crippen LogP contribution in [0.5, 0.6) is 5.75 Å². The molecule has 0 aromatic heterocycles. The highest BCUT2D eigenvalue weighted by molar-refractivity contribution is 6.34. The van der Waals surface area contributed by atoms with Gasteiger partial charge in [0.2, 0.25) is 5.91 Å². The van der Waals surface area contributed by atoms with Crippen LogP contribution in [-0.2, 0) is 9.59 Å². The molecule has 6 heteroatoms. The van der Waals surface area contributed by atoms with Crippen LogP contribution in [0.15, 0.2) is 30.3 Å². The number of aryl methyl sites for hydroxylation is 3. The normalized spacial score (nSPS) is 13.8. The Bertz CT molecular complexity index is 872. The van der Waals surface area contributed by atoms with Gasteiger partial charge in [0.1, 0.15) is 5.75 Å². The first-order chi connectivity index (χ1) is 12.8. The maximum absolute atomic E-state index is 12.2. The summed E-state index contributed by atoms with van der Waals surface area (Å²) in [5.74, 6) is 0.540. The fourth-order valence-electron chi connectivity index (χ4n) is 3.44. The molecule has 27 heavy (non-hydrogen) atoms. The second-order valence-electron chi connectivity index (χ2n) is 6.88. The van der Waals surface area contributed by atoms with Gasteiger partial charge in [-0.1, -0.05) is 29.3 Å². The Morgan fingerprint density at radius 1 is 1.19 bits per heavy atom. The van der Waals surface area contributed by atoms with E-state index in [1.54, 1.807) is 23.1 Å². The third-order valence-corrected chi connectivity index (χ3v) is 4.85. The van der Waals surface area contributed by atoms with Gasteiger partial charge in [0.15, 0.2) is 6.61 Å². The number of nitrogens with one attached hydrogen (secondary N) is 1. The molecule has 1 fully saturated rings. The van der Waals surface area contributed by atoms with E-state index in [4.69, 9.17) is 16.3 Å². The number of nitrogens with zero attached hydrogens (tertiary/aromatic N) is 1. The molecule has 1 aliphatic heterocycles. The van der Waals surface area contributed by atoms with Crippen molar-refractivity contribution in [3.05, 3.63) is 52.0 Å². The van der Waals surface area contributed by atoms with Crippen molar-refractivity contribution in [3.63, 3.8) is 0 Å². The molecule has 2 amide bonds. The zero-order valence-electron chi connectivity index (χ0n) is 15.8. The van der Waals surface area contributed by atoms with E-state index in [-0.39, 0.29) is 18.4 Å². The summed E-state index contributed by atoms with van der Waals surface area (Å²) in [5, 5.41) is 3.22. The van der Waals surface area contributed by atoms with Crippen molar-refractivity contribution in [1.29, 1.82) is 0 Å². The van der Waals surface area contributed by atoms with E-state index >= 15 is 0 Å². The summed E-state index contributed by atoms with van der Waals surface area (Å²) >= 11 is 6.31. The molecule has 1 aliphatic rings. The molecular weight excluding hydrogens is 364 g/mol. The molecule has 2 aromatic rings. The van der Waals surface area contributed by atoms with Crippen LogP contribution < -0.4 is 15.0 Å². The van der Waals surface area contributed by atoms with E-state index in [9.17, 15) is 9.59 Å². The molecule has 1 heterocycles. The minimum Gasteiger partial charge on any atom is -0.483 e. The average molecular weight is 387 g/mol. The Hall–Kier alpha value is -2.53. The lowest BCUT2D eigenvalue weighted by atomic mass is 10.1. The van der Waals surface area contributed by atoms with Crippen LogP contribution >= 0.6 is 11.6 Å². The molecule has 0 bridgehead atoms. The van der Waals surface area contributed by atoms with E-state index in [0.29, 0.717) is 29.4 Å². The van der Waals surface area contributed by atoms with Gasteiger partial charge in [-0.2, -0.15) is 0 Å². The predicted octanol–water partition coefficient (Wildman–Crippen LogP) is 4.41. The molecule has 0 atom stereocenters. The SMILES string of the molecule is Cc1cc(C)c(OCC(=O)Nc2ccc(N3CCCC3=O)c(Cl)c2)c(C)c1. The van der Waals surface area contributed by atoms with Gasteiger partial charge in [0.25, 0.3) is 5.91 Å². The Balaban J connectivity index is 1.63. The highest BCUT2D eigenvalue weighted by atomic mass is 35.5. The monoisotopic (exact) mass is 386 g/mol. The van der Waals surface area contributed by atoms with Gasteiger partial charge < -0.3 is 15.0 Å². The molecule has 1 N–H and O–H groups in total. The van der Waals surface area contributed by atoms with Gasteiger partial charge in [0, 0.05) is 18.7 Å². The lowest BCUT2D eigenvalue weighted by Gasteiger charge is -2.18. The number of hydrogen-bond acceptors (Lipinski definition) is 3. The number of rotatable bonds is 5. The van der Waals surface area contributed by atoms with Crippen LogP contribution in [0, 0.1) is 20.8 Å². The van der Waals surface area contributed by atoms with Gasteiger partial charge in [0.05, 0.1) is 10.7 Å². The quantitative estimate of drug-likeness (QED) is 0.828. The maximum Gasteiger partial charge on any atom is 0.262 e. The summed E-state index contributed by atoms with van der Waals surface area (Å²) in [4.78, 5) is 25.8. The molecule has 142 valence electrons. The number of amides is 2. The first-order valence-corrected chi connectivity index (χ1v) is 9.33. The Kier molecular flexibility index (Phi) is 5.71. The zero-order chi connectivity index (χ0) is 19.6. The first-order valence-electron chi connectivity index (χ1n) is 8.95. The molecule has 5 nitrogen and oxygen atoms in total. The number of anilines is 2. The van der Waals surface area contributed by atoms with Gasteiger partial charge in [-0.05, 0) is 56.5 Å². The van der Waals surface area contributed by atoms with Gasteiger partial charge in [-0.25, -0.2) is 0 Å². The smallest absolute Gasteiger partial charge is 0.262 e. The number of ether oxygens (including phenoxy) is 1. The van der Waals surface area contributed by atoms with Crippen LogP contribution in [0.3, 0.4) is 0 Å². The van der Waals surface area contributed by atoms with Crippen molar-refractivity contribution in [2.24, 2.45) is 0 Å². The molecular formula is C21H23ClN2O3. The molecule has 0 saturated carbocycles. The van der Waals surface area contributed by atoms with E-state index in [1.165, 1.54) is 0 Å². The van der Waals surface area contributed by atoms with E-state index in [0.717, 1.165) is 28.9 Å². The van der Waals surface area contributed by atoms with Crippen LogP contribution in [0.4, 0.5) is 11.4 Å². The van der Waals surface area contributed by atoms with Crippen LogP contribution in [0.2, 0.25) is 5.02 Å². The van der Waals surface area contributed by atoms with Crippen molar-refractivity contribution in [3.8, 4) is 5.75 Å². The van der Waals surface area contributed by atoms with Crippen LogP contribution in [-0.4, -0.2) is 25.0 Å². The second-order valence-corrected chi connectivity index (χ2v) is 7.29. The Morgan fingerprint density at radius 3 is 2.48 bits per heavy atom. The molecule has 0 spiro atoms. The van der Waals surface area contributed by atoms with Crippen LogP contribution in [0.1, 0.15) is 29.5 Å². The Labute approximate surface area is 164 Å². The van der Waals surface area contributed by atoms with Crippen molar-refractivity contribution in [1.82, 2.24) is 0 Å². The molecule has 0 unspecified atom stereocenters. The highest BCUT2D eigenvalue weighted by Gasteiger charge is 2.23. The van der Waals surface area contributed by atoms with Gasteiger partial charge >= 0.3 is 0 Å². The summed E-state index contributed by atoms with van der Waals surface area (Å²) in [6, 6.07) is 9.21. The molecule has 2 aromatic carbocycles. The predicted molar refractivity (Wildman–Crippen MR) is 108 cm³/mol. The fraction of sp³-hybridized carbons (Fsp3) is 0.333. The molecule has 1 saturated heterocycles. The summed E-state index contributed by atoms with van der Waals surface area (Å²) in [6.07, 6.45) is 1.38. The van der Waals surface area contributed by atoms with Crippen molar-refractivity contribution in [2.75, 3.05) is 23.4 Å². The minimum atomic E-state index is -0.268. The van der Waals surface area contributed by atoms with E-state index in [1.807, 2.05) is 32.9 Å². The molecule has 3 rings (SSSR count). The number of hydrogen-bond donors (Lipinski definition) is 1. The summed E-state index contributed by atoms with van der Waals surface area (Å²) in [6.45, 7) is 6.54. The third kappa shape index (κ3) is 4.42. The van der Waals surface area contributed by atoms with Crippen molar-refractivity contribution >= 4 is 34.8 Å². The number of carbonyl (C=O) groups is 2. The van der Waals surface area contributed by atoms with E-state index < -0.39 is 0 Å². The number of benzene rings is 2. The summed E-state index contributed by atoms with van der Waals surface area (Å²) in [7, 11) is 0. The number of carbonyl (C=O) groups excluding carboxylic acids is 2. The average Bonchev–Trinajstić information content (AvgIpc) is 3.00. The molecule has 0 radical (unpaired) electrons. The Morgan fingerprint density at radius 2 is 1.89 bits per heavy atom. The molecule has 0 aliphatic carbocycles. The summed E-state index contributed by atoms with van der Waals surface area (Å²) < 4.78 is 5.71. The zero-order valence-corrected chi connectivity index (χ0v) is 16.5. The highest BCUT2D eigenvalue weighted by Crippen LogP contribution is 2.31. The lowest BCUT2D eigenvalue weighted by molar-refractivity contribution is -0.118. The van der Waals surface area contributed by atoms with Gasteiger partial charge in [-0.15, -0.1) is 0 Å². The second kappa shape index (κ2) is 8.01. The minimum absolute atomic E-state index is 0.0749. The lowest BCUT2D eigenvalue weighted by Crippen LogP contribution is -2.24. The number of halogens is 1. The van der Waals surface area contributed by atoms with Gasteiger partial charge in [-0.3, -0.25) is 9.59 Å². The maximum atomic E-state index is 12.2. The fourth-order valence-corrected chi connectivity index (χ4v) is 3.72. The third-order valence-electron chi connectivity index (χ3n) is 4.55. The topological polar surface area (TPSA) is 58.6 Å². The van der Waals surface area contributed by atoms with Crippen LogP contribution in [0.25, 0.3) is 0 Å². The summed E-state index contributed by atoms with van der Waals surface area (Å²) in [5.41, 5.74) is 4.42. The van der Waals surface area contributed by atoms with Crippen molar-refractivity contribution < 1.29 is 14.3 Å². The largest absolute Gasteiger partial charge is 0.483 e. The van der Waals surface area contributed by atoms with Crippen molar-refractivity contribution in [2.45, 2.75) is 33.6 Å². The van der Waals surface area contributed by atoms with E-state index in [2.05, 4.69) is 5.32 Å². The standard InChI is InChI=1S/C21H23ClN2O3/c1-13-9-14(2)21(15(3)10-13)27-12-19(25)23-16-6-7-18(17(22)11-16)24-8-4-5-20(24)26/h6-7,9-11H,4-5,8,12H2,1-3H3,(H,23,25). The first kappa shape index (κ1) is 19.2.